The van der Waals surface area contributed by atoms with Crippen LogP contribution in [0, 0.1) is 5.92 Å². The average Bonchev–Trinajstić information content (AvgIpc) is 2.17. The highest BCUT2D eigenvalue weighted by molar-refractivity contribution is 4.62. The van der Waals surface area contributed by atoms with Gasteiger partial charge in [-0.25, -0.2) is 5.01 Å². The minimum atomic E-state index is 0.826. The summed E-state index contributed by atoms with van der Waals surface area (Å²) in [6.07, 6.45) is 6.82. The van der Waals surface area contributed by atoms with Crippen LogP contribution in [0.25, 0.3) is 0 Å². The second-order valence-corrected chi connectivity index (χ2v) is 4.30. The summed E-state index contributed by atoms with van der Waals surface area (Å²) in [5.41, 5.74) is 3.54. The Bertz CT molecular complexity index is 119. The standard InChI is InChI=1S/C11H24N2/c1-3-7-11(2)10-12-13-8-5-4-6-9-13/h11-12H,3-10H2,1-2H3. The van der Waals surface area contributed by atoms with E-state index in [1.54, 1.807) is 0 Å². The molecule has 0 aromatic carbocycles. The molecule has 0 bridgehead atoms. The fourth-order valence-electron chi connectivity index (χ4n) is 1.93. The van der Waals surface area contributed by atoms with Gasteiger partial charge in [-0.3, -0.25) is 5.43 Å². The Morgan fingerprint density at radius 1 is 1.23 bits per heavy atom. The Hall–Kier alpha value is -0.0800. The Balaban J connectivity index is 2.03. The molecule has 1 rings (SSSR count). The first-order valence-corrected chi connectivity index (χ1v) is 5.81. The van der Waals surface area contributed by atoms with Crippen LogP contribution >= 0.6 is 0 Å². The van der Waals surface area contributed by atoms with Gasteiger partial charge in [0.1, 0.15) is 0 Å². The van der Waals surface area contributed by atoms with Crippen molar-refractivity contribution >= 4 is 0 Å². The minimum Gasteiger partial charge on any atom is -0.255 e. The molecule has 1 saturated heterocycles. The van der Waals surface area contributed by atoms with E-state index in [1.807, 2.05) is 0 Å². The van der Waals surface area contributed by atoms with Gasteiger partial charge in [0.2, 0.25) is 0 Å². The number of rotatable bonds is 5. The van der Waals surface area contributed by atoms with Crippen molar-refractivity contribution in [1.29, 1.82) is 0 Å². The molecule has 1 N–H and O–H groups in total. The van der Waals surface area contributed by atoms with Gasteiger partial charge in [0.25, 0.3) is 0 Å². The largest absolute Gasteiger partial charge is 0.255 e. The zero-order valence-corrected chi connectivity index (χ0v) is 9.18. The van der Waals surface area contributed by atoms with E-state index in [4.69, 9.17) is 0 Å². The molecule has 0 amide bonds. The van der Waals surface area contributed by atoms with E-state index in [2.05, 4.69) is 24.3 Å². The first kappa shape index (κ1) is 11.0. The molecule has 0 spiro atoms. The zero-order chi connectivity index (χ0) is 9.52. The van der Waals surface area contributed by atoms with E-state index >= 15 is 0 Å². The molecule has 0 saturated carbocycles. The van der Waals surface area contributed by atoms with E-state index < -0.39 is 0 Å². The van der Waals surface area contributed by atoms with Gasteiger partial charge in [-0.15, -0.1) is 0 Å². The maximum atomic E-state index is 3.54. The summed E-state index contributed by atoms with van der Waals surface area (Å²) in [7, 11) is 0. The monoisotopic (exact) mass is 184 g/mol. The number of hydrogen-bond acceptors (Lipinski definition) is 2. The lowest BCUT2D eigenvalue weighted by atomic mass is 10.1. The number of nitrogens with one attached hydrogen (secondary N) is 1. The summed E-state index contributed by atoms with van der Waals surface area (Å²) < 4.78 is 0. The van der Waals surface area contributed by atoms with Crippen LogP contribution in [0.1, 0.15) is 46.0 Å². The maximum absolute atomic E-state index is 3.54. The van der Waals surface area contributed by atoms with Crippen LogP contribution in [0.3, 0.4) is 0 Å². The quantitative estimate of drug-likeness (QED) is 0.706. The molecule has 1 aliphatic heterocycles. The second kappa shape index (κ2) is 6.39. The van der Waals surface area contributed by atoms with Crippen LogP contribution in [-0.4, -0.2) is 24.6 Å². The minimum absolute atomic E-state index is 0.826. The molecule has 13 heavy (non-hydrogen) atoms. The Morgan fingerprint density at radius 3 is 2.54 bits per heavy atom. The molecular weight excluding hydrogens is 160 g/mol. The summed E-state index contributed by atoms with van der Waals surface area (Å²) in [5, 5.41) is 2.40. The summed E-state index contributed by atoms with van der Waals surface area (Å²) in [4.78, 5) is 0. The predicted octanol–water partition coefficient (Wildman–Crippen LogP) is 2.41. The van der Waals surface area contributed by atoms with Crippen LogP contribution in [0.15, 0.2) is 0 Å². The molecule has 1 heterocycles. The molecule has 2 heteroatoms. The van der Waals surface area contributed by atoms with E-state index in [0.717, 1.165) is 12.5 Å². The Kier molecular flexibility index (Phi) is 5.40. The molecule has 1 atom stereocenters. The molecule has 0 aromatic rings. The lowest BCUT2D eigenvalue weighted by Crippen LogP contribution is -2.43. The van der Waals surface area contributed by atoms with Crippen molar-refractivity contribution in [3.8, 4) is 0 Å². The number of piperidine rings is 1. The topological polar surface area (TPSA) is 15.3 Å². The van der Waals surface area contributed by atoms with Crippen LogP contribution in [0.5, 0.6) is 0 Å². The van der Waals surface area contributed by atoms with E-state index in [-0.39, 0.29) is 0 Å². The highest BCUT2D eigenvalue weighted by Crippen LogP contribution is 2.07. The third kappa shape index (κ3) is 4.63. The maximum Gasteiger partial charge on any atom is 0.0131 e. The van der Waals surface area contributed by atoms with Gasteiger partial charge in [0.05, 0.1) is 0 Å². The van der Waals surface area contributed by atoms with Crippen molar-refractivity contribution in [2.45, 2.75) is 46.0 Å². The van der Waals surface area contributed by atoms with Gasteiger partial charge in [0, 0.05) is 19.6 Å². The first-order valence-electron chi connectivity index (χ1n) is 5.81. The van der Waals surface area contributed by atoms with Crippen molar-refractivity contribution in [3.63, 3.8) is 0 Å². The molecule has 2 nitrogen and oxygen atoms in total. The van der Waals surface area contributed by atoms with Gasteiger partial charge >= 0.3 is 0 Å². The fraction of sp³-hybridized carbons (Fsp3) is 1.00. The fourth-order valence-corrected chi connectivity index (χ4v) is 1.93. The normalized spacial score (nSPS) is 21.7. The van der Waals surface area contributed by atoms with Crippen molar-refractivity contribution in [3.05, 3.63) is 0 Å². The van der Waals surface area contributed by atoms with E-state index in [1.165, 1.54) is 45.2 Å². The smallest absolute Gasteiger partial charge is 0.0131 e. The summed E-state index contributed by atoms with van der Waals surface area (Å²) in [6, 6.07) is 0. The van der Waals surface area contributed by atoms with Gasteiger partial charge in [-0.1, -0.05) is 26.7 Å². The molecule has 0 radical (unpaired) electrons. The van der Waals surface area contributed by atoms with E-state index in [9.17, 15) is 0 Å². The molecular formula is C11H24N2. The van der Waals surface area contributed by atoms with Gasteiger partial charge in [-0.2, -0.15) is 0 Å². The van der Waals surface area contributed by atoms with Gasteiger partial charge in [0.15, 0.2) is 0 Å². The Labute approximate surface area is 82.7 Å². The Morgan fingerprint density at radius 2 is 1.92 bits per heavy atom. The summed E-state index contributed by atoms with van der Waals surface area (Å²) >= 11 is 0. The molecule has 1 aliphatic rings. The van der Waals surface area contributed by atoms with Gasteiger partial charge in [-0.05, 0) is 25.2 Å². The highest BCUT2D eigenvalue weighted by atomic mass is 15.5. The SMILES string of the molecule is CCCC(C)CNN1CCCCC1. The molecule has 1 unspecified atom stereocenters. The summed E-state index contributed by atoms with van der Waals surface area (Å²) in [5.74, 6) is 0.826. The average molecular weight is 184 g/mol. The first-order chi connectivity index (χ1) is 6.33. The highest BCUT2D eigenvalue weighted by Gasteiger charge is 2.09. The third-order valence-electron chi connectivity index (χ3n) is 2.80. The van der Waals surface area contributed by atoms with E-state index in [0.29, 0.717) is 0 Å². The van der Waals surface area contributed by atoms with Crippen molar-refractivity contribution in [1.82, 2.24) is 10.4 Å². The third-order valence-corrected chi connectivity index (χ3v) is 2.80. The molecule has 0 aliphatic carbocycles. The van der Waals surface area contributed by atoms with Gasteiger partial charge < -0.3 is 0 Å². The molecule has 0 aromatic heterocycles. The molecule has 1 fully saturated rings. The van der Waals surface area contributed by atoms with Crippen molar-refractivity contribution < 1.29 is 0 Å². The number of nitrogens with zero attached hydrogens (tertiary/aromatic N) is 1. The number of hydrazine groups is 1. The molecule has 78 valence electrons. The van der Waals surface area contributed by atoms with Crippen LogP contribution < -0.4 is 5.43 Å². The number of hydrogen-bond donors (Lipinski definition) is 1. The lowest BCUT2D eigenvalue weighted by Gasteiger charge is -2.28. The zero-order valence-electron chi connectivity index (χ0n) is 9.18. The lowest BCUT2D eigenvalue weighted by molar-refractivity contribution is 0.144. The van der Waals surface area contributed by atoms with Crippen molar-refractivity contribution in [2.24, 2.45) is 5.92 Å². The van der Waals surface area contributed by atoms with Crippen LogP contribution in [-0.2, 0) is 0 Å². The van der Waals surface area contributed by atoms with Crippen LogP contribution in [0.2, 0.25) is 0 Å². The predicted molar refractivity (Wildman–Crippen MR) is 57.5 cm³/mol. The van der Waals surface area contributed by atoms with Crippen molar-refractivity contribution in [2.75, 3.05) is 19.6 Å². The van der Waals surface area contributed by atoms with Crippen LogP contribution in [0.4, 0.5) is 0 Å². The second-order valence-electron chi connectivity index (χ2n) is 4.30. The summed E-state index contributed by atoms with van der Waals surface area (Å²) in [6.45, 7) is 8.25.